The first-order chi connectivity index (χ1) is 12.2. The van der Waals surface area contributed by atoms with Gasteiger partial charge in [0.1, 0.15) is 5.60 Å². The van der Waals surface area contributed by atoms with E-state index in [0.717, 1.165) is 48.9 Å². The number of benzene rings is 2. The minimum absolute atomic E-state index is 0. The SMILES string of the molecule is Cl.Cl.OC1(c2ccc(-c3ccc4ncccc4c3)cc2)CN2CCC1CC2. The summed E-state index contributed by atoms with van der Waals surface area (Å²) in [6.45, 7) is 3.05. The van der Waals surface area contributed by atoms with Crippen molar-refractivity contribution in [2.75, 3.05) is 19.6 Å². The zero-order valence-corrected chi connectivity index (χ0v) is 16.7. The molecule has 0 aliphatic carbocycles. The summed E-state index contributed by atoms with van der Waals surface area (Å²) >= 11 is 0. The maximum Gasteiger partial charge on any atom is 0.105 e. The Morgan fingerprint density at radius 1 is 0.926 bits per heavy atom. The molecule has 3 saturated heterocycles. The van der Waals surface area contributed by atoms with Gasteiger partial charge in [0.15, 0.2) is 0 Å². The fraction of sp³-hybridized carbons (Fsp3) is 0.318. The van der Waals surface area contributed by atoms with Gasteiger partial charge in [0.25, 0.3) is 0 Å². The van der Waals surface area contributed by atoms with Crippen LogP contribution in [0.5, 0.6) is 0 Å². The molecule has 27 heavy (non-hydrogen) atoms. The molecular formula is C22H24Cl2N2O. The number of nitrogens with zero attached hydrogens (tertiary/aromatic N) is 2. The molecule has 3 aliphatic rings. The molecule has 6 rings (SSSR count). The topological polar surface area (TPSA) is 36.4 Å². The third kappa shape index (κ3) is 3.45. The zero-order valence-electron chi connectivity index (χ0n) is 15.0. The van der Waals surface area contributed by atoms with Gasteiger partial charge in [-0.15, -0.1) is 24.8 Å². The maximum atomic E-state index is 11.3. The molecule has 3 fully saturated rings. The Kier molecular flexibility index (Phi) is 5.78. The number of aliphatic hydroxyl groups is 1. The van der Waals surface area contributed by atoms with Crippen molar-refractivity contribution < 1.29 is 5.11 Å². The lowest BCUT2D eigenvalue weighted by molar-refractivity contribution is -0.117. The molecule has 0 radical (unpaired) electrons. The predicted molar refractivity (Wildman–Crippen MR) is 115 cm³/mol. The number of pyridine rings is 1. The molecule has 5 heteroatoms. The van der Waals surface area contributed by atoms with Crippen molar-refractivity contribution in [3.8, 4) is 11.1 Å². The van der Waals surface area contributed by atoms with Crippen molar-refractivity contribution in [3.05, 3.63) is 66.4 Å². The van der Waals surface area contributed by atoms with Crippen LogP contribution in [-0.2, 0) is 5.60 Å². The van der Waals surface area contributed by atoms with Gasteiger partial charge in [0.2, 0.25) is 0 Å². The maximum absolute atomic E-state index is 11.3. The summed E-state index contributed by atoms with van der Waals surface area (Å²) in [7, 11) is 0. The number of hydrogen-bond acceptors (Lipinski definition) is 3. The molecule has 2 bridgehead atoms. The van der Waals surface area contributed by atoms with E-state index < -0.39 is 5.60 Å². The first kappa shape index (κ1) is 20.1. The van der Waals surface area contributed by atoms with E-state index in [1.165, 1.54) is 11.1 Å². The van der Waals surface area contributed by atoms with Crippen LogP contribution in [0.3, 0.4) is 0 Å². The van der Waals surface area contributed by atoms with Crippen LogP contribution in [0.25, 0.3) is 22.0 Å². The first-order valence-corrected chi connectivity index (χ1v) is 9.13. The third-order valence-electron chi connectivity index (χ3n) is 6.05. The van der Waals surface area contributed by atoms with Crippen LogP contribution in [0.2, 0.25) is 0 Å². The first-order valence-electron chi connectivity index (χ1n) is 9.13. The second-order valence-electron chi connectivity index (χ2n) is 7.46. The lowest BCUT2D eigenvalue weighted by atomic mass is 9.71. The van der Waals surface area contributed by atoms with Crippen molar-refractivity contribution in [2.24, 2.45) is 5.92 Å². The van der Waals surface area contributed by atoms with Crippen molar-refractivity contribution in [2.45, 2.75) is 18.4 Å². The summed E-state index contributed by atoms with van der Waals surface area (Å²) in [6.07, 6.45) is 4.04. The van der Waals surface area contributed by atoms with E-state index in [2.05, 4.69) is 58.4 Å². The quantitative estimate of drug-likeness (QED) is 0.676. The van der Waals surface area contributed by atoms with Crippen LogP contribution in [0.1, 0.15) is 18.4 Å². The molecule has 142 valence electrons. The smallest absolute Gasteiger partial charge is 0.105 e. The van der Waals surface area contributed by atoms with E-state index in [1.54, 1.807) is 0 Å². The average molecular weight is 403 g/mol. The number of halogens is 2. The summed E-state index contributed by atoms with van der Waals surface area (Å²) in [4.78, 5) is 6.78. The Morgan fingerprint density at radius 2 is 1.63 bits per heavy atom. The van der Waals surface area contributed by atoms with Crippen LogP contribution < -0.4 is 0 Å². The molecule has 1 atom stereocenters. The molecule has 0 amide bonds. The Morgan fingerprint density at radius 3 is 2.30 bits per heavy atom. The fourth-order valence-electron chi connectivity index (χ4n) is 4.57. The van der Waals surface area contributed by atoms with Crippen molar-refractivity contribution >= 4 is 35.7 Å². The minimum atomic E-state index is -0.678. The Hall–Kier alpha value is -1.65. The molecule has 4 heterocycles. The zero-order chi connectivity index (χ0) is 16.9. The van der Waals surface area contributed by atoms with E-state index in [0.29, 0.717) is 5.92 Å². The molecule has 3 nitrogen and oxygen atoms in total. The highest BCUT2D eigenvalue weighted by Crippen LogP contribution is 2.42. The van der Waals surface area contributed by atoms with E-state index in [-0.39, 0.29) is 24.8 Å². The molecule has 1 unspecified atom stereocenters. The van der Waals surface area contributed by atoms with E-state index in [4.69, 9.17) is 0 Å². The molecule has 1 aromatic heterocycles. The second kappa shape index (κ2) is 7.76. The monoisotopic (exact) mass is 402 g/mol. The fourth-order valence-corrected chi connectivity index (χ4v) is 4.57. The largest absolute Gasteiger partial charge is 0.384 e. The van der Waals surface area contributed by atoms with Gasteiger partial charge in [-0.1, -0.05) is 36.4 Å². The molecule has 0 spiro atoms. The average Bonchev–Trinajstić information content (AvgIpc) is 2.68. The van der Waals surface area contributed by atoms with Gasteiger partial charge in [0, 0.05) is 18.1 Å². The summed E-state index contributed by atoms with van der Waals surface area (Å²) in [5.41, 5.74) is 3.77. The summed E-state index contributed by atoms with van der Waals surface area (Å²) in [6, 6.07) is 18.9. The van der Waals surface area contributed by atoms with Crippen molar-refractivity contribution in [3.63, 3.8) is 0 Å². The summed E-state index contributed by atoms with van der Waals surface area (Å²) in [5, 5.41) is 12.4. The number of fused-ring (bicyclic) bond motifs is 4. The van der Waals surface area contributed by atoms with Crippen LogP contribution in [0.4, 0.5) is 0 Å². The Bertz CT molecular complexity index is 923. The number of hydrogen-bond donors (Lipinski definition) is 1. The highest BCUT2D eigenvalue weighted by Gasteiger charge is 2.46. The van der Waals surface area contributed by atoms with E-state index in [9.17, 15) is 5.11 Å². The number of rotatable bonds is 2. The molecule has 0 saturated carbocycles. The van der Waals surface area contributed by atoms with Gasteiger partial charge < -0.3 is 10.0 Å². The minimum Gasteiger partial charge on any atom is -0.384 e. The third-order valence-corrected chi connectivity index (χ3v) is 6.05. The number of piperidine rings is 3. The van der Waals surface area contributed by atoms with Gasteiger partial charge >= 0.3 is 0 Å². The van der Waals surface area contributed by atoms with Crippen molar-refractivity contribution in [1.29, 1.82) is 0 Å². The molecule has 3 aliphatic heterocycles. The predicted octanol–water partition coefficient (Wildman–Crippen LogP) is 4.66. The van der Waals surface area contributed by atoms with Crippen LogP contribution >= 0.6 is 24.8 Å². The highest BCUT2D eigenvalue weighted by molar-refractivity contribution is 5.86. The van der Waals surface area contributed by atoms with Crippen LogP contribution in [-0.4, -0.2) is 34.6 Å². The van der Waals surface area contributed by atoms with Crippen LogP contribution in [0.15, 0.2) is 60.8 Å². The molecule has 1 N–H and O–H groups in total. The van der Waals surface area contributed by atoms with Gasteiger partial charge in [0.05, 0.1) is 5.52 Å². The van der Waals surface area contributed by atoms with Crippen molar-refractivity contribution in [1.82, 2.24) is 9.88 Å². The number of aromatic nitrogens is 1. The lowest BCUT2D eigenvalue weighted by Crippen LogP contribution is -2.57. The second-order valence-corrected chi connectivity index (χ2v) is 7.46. The molecular weight excluding hydrogens is 379 g/mol. The normalized spacial score (nSPS) is 26.3. The van der Waals surface area contributed by atoms with Gasteiger partial charge in [-0.05, 0) is 66.7 Å². The van der Waals surface area contributed by atoms with Gasteiger partial charge in [-0.2, -0.15) is 0 Å². The molecule has 3 aromatic rings. The highest BCUT2D eigenvalue weighted by atomic mass is 35.5. The van der Waals surface area contributed by atoms with E-state index >= 15 is 0 Å². The van der Waals surface area contributed by atoms with Gasteiger partial charge in [-0.3, -0.25) is 4.98 Å². The Labute approximate surface area is 172 Å². The van der Waals surface area contributed by atoms with E-state index in [1.807, 2.05) is 12.3 Å². The Balaban J connectivity index is 0.00000105. The summed E-state index contributed by atoms with van der Waals surface area (Å²) < 4.78 is 0. The van der Waals surface area contributed by atoms with Gasteiger partial charge in [-0.25, -0.2) is 0 Å². The summed E-state index contributed by atoms with van der Waals surface area (Å²) in [5.74, 6) is 0.398. The molecule has 2 aromatic carbocycles. The standard InChI is InChI=1S/C22H22N2O.2ClH/c25-22(15-24-12-9-20(22)10-13-24)19-6-3-16(4-7-19)17-5-8-21-18(14-17)2-1-11-23-21;;/h1-8,11,14,20,25H,9-10,12-13,15H2;2*1H. The lowest BCUT2D eigenvalue weighted by Gasteiger charge is -2.50. The van der Waals surface area contributed by atoms with Crippen LogP contribution in [0, 0.1) is 5.92 Å².